The fraction of sp³-hybridized carbons (Fsp3) is 0.0667. The Balaban J connectivity index is 2.42. The number of para-hydroxylation sites is 1. The number of aromatic nitrogens is 2. The number of nitrogens with zero attached hydrogens (tertiary/aromatic N) is 1. The number of halogens is 6. The van der Waals surface area contributed by atoms with Gasteiger partial charge in [0.2, 0.25) is 0 Å². The third-order valence-electron chi connectivity index (χ3n) is 3.32. The number of fused-ring (bicyclic) bond motifs is 1. The highest BCUT2D eigenvalue weighted by atomic mass is 19.4. The van der Waals surface area contributed by atoms with Gasteiger partial charge in [0.25, 0.3) is 5.56 Å². The van der Waals surface area contributed by atoms with Crippen molar-refractivity contribution in [2.75, 3.05) is 0 Å². The minimum absolute atomic E-state index is 0.0199. The van der Waals surface area contributed by atoms with E-state index in [0.29, 0.717) is 0 Å². The Morgan fingerprint density at radius 1 is 1.00 bits per heavy atom. The predicted octanol–water partition coefficient (Wildman–Crippen LogP) is 4.03. The molecule has 0 aliphatic heterocycles. The lowest BCUT2D eigenvalue weighted by Gasteiger charge is -2.14. The van der Waals surface area contributed by atoms with Crippen molar-refractivity contribution in [1.29, 1.82) is 0 Å². The van der Waals surface area contributed by atoms with E-state index in [9.17, 15) is 31.1 Å². The third kappa shape index (κ3) is 2.51. The molecule has 0 radical (unpaired) electrons. The molecule has 24 heavy (non-hydrogen) atoms. The van der Waals surface area contributed by atoms with Crippen LogP contribution in [0.3, 0.4) is 0 Å². The van der Waals surface area contributed by atoms with Crippen molar-refractivity contribution >= 4 is 10.9 Å². The molecular weight excluding hydrogens is 338 g/mol. The van der Waals surface area contributed by atoms with Gasteiger partial charge in [-0.05, 0) is 18.2 Å². The third-order valence-corrected chi connectivity index (χ3v) is 3.32. The number of aromatic amines is 1. The quantitative estimate of drug-likeness (QED) is 0.535. The Morgan fingerprint density at radius 3 is 2.33 bits per heavy atom. The minimum Gasteiger partial charge on any atom is -0.306 e. The van der Waals surface area contributed by atoms with E-state index in [1.807, 2.05) is 4.98 Å². The first kappa shape index (κ1) is 16.0. The fourth-order valence-electron chi connectivity index (χ4n) is 2.25. The number of nitrogens with one attached hydrogen (secondary N) is 1. The van der Waals surface area contributed by atoms with Gasteiger partial charge < -0.3 is 4.98 Å². The molecule has 0 amide bonds. The van der Waals surface area contributed by atoms with Crippen LogP contribution in [0.25, 0.3) is 22.3 Å². The van der Waals surface area contributed by atoms with Crippen molar-refractivity contribution in [2.45, 2.75) is 6.18 Å². The number of benzene rings is 2. The van der Waals surface area contributed by atoms with Crippen LogP contribution in [0.4, 0.5) is 26.3 Å². The first-order valence-electron chi connectivity index (χ1n) is 6.44. The lowest BCUT2D eigenvalue weighted by Crippen LogP contribution is -2.15. The molecule has 0 atom stereocenters. The summed E-state index contributed by atoms with van der Waals surface area (Å²) < 4.78 is 79.8. The Bertz CT molecular complexity index is 1010. The minimum atomic E-state index is -5.19. The lowest BCUT2D eigenvalue weighted by molar-refractivity contribution is -0.137. The monoisotopic (exact) mass is 344 g/mol. The second kappa shape index (κ2) is 5.36. The lowest BCUT2D eigenvalue weighted by atomic mass is 10.0. The van der Waals surface area contributed by atoms with Crippen LogP contribution in [0.2, 0.25) is 0 Å². The number of alkyl halides is 3. The second-order valence-corrected chi connectivity index (χ2v) is 4.84. The van der Waals surface area contributed by atoms with Gasteiger partial charge in [-0.2, -0.15) is 13.2 Å². The van der Waals surface area contributed by atoms with Gasteiger partial charge >= 0.3 is 6.18 Å². The Morgan fingerprint density at radius 2 is 1.67 bits per heavy atom. The average molecular weight is 344 g/mol. The van der Waals surface area contributed by atoms with Gasteiger partial charge in [-0.15, -0.1) is 0 Å². The van der Waals surface area contributed by atoms with E-state index >= 15 is 0 Å². The summed E-state index contributed by atoms with van der Waals surface area (Å²) in [6, 6.07) is 5.46. The molecule has 0 saturated carbocycles. The van der Waals surface area contributed by atoms with E-state index in [1.165, 1.54) is 24.3 Å². The van der Waals surface area contributed by atoms with Crippen molar-refractivity contribution in [1.82, 2.24) is 9.97 Å². The first-order chi connectivity index (χ1) is 11.2. The van der Waals surface area contributed by atoms with Crippen LogP contribution < -0.4 is 5.56 Å². The molecule has 124 valence electrons. The van der Waals surface area contributed by atoms with Crippen molar-refractivity contribution in [3.05, 3.63) is 63.7 Å². The molecule has 0 unspecified atom stereocenters. The Kier molecular flexibility index (Phi) is 3.58. The predicted molar refractivity (Wildman–Crippen MR) is 72.7 cm³/mol. The summed E-state index contributed by atoms with van der Waals surface area (Å²) in [7, 11) is 0. The van der Waals surface area contributed by atoms with E-state index in [0.717, 1.165) is 0 Å². The maximum atomic E-state index is 14.0. The molecule has 1 aromatic heterocycles. The van der Waals surface area contributed by atoms with Crippen molar-refractivity contribution < 1.29 is 26.3 Å². The number of H-pyrrole nitrogens is 1. The van der Waals surface area contributed by atoms with Gasteiger partial charge in [0.05, 0.1) is 22.0 Å². The Labute approximate surface area is 129 Å². The van der Waals surface area contributed by atoms with Gasteiger partial charge in [-0.3, -0.25) is 4.79 Å². The van der Waals surface area contributed by atoms with E-state index < -0.39 is 46.1 Å². The van der Waals surface area contributed by atoms with E-state index in [2.05, 4.69) is 4.98 Å². The van der Waals surface area contributed by atoms with E-state index in [4.69, 9.17) is 0 Å². The molecule has 1 N–H and O–H groups in total. The summed E-state index contributed by atoms with van der Waals surface area (Å²) in [5.74, 6) is -7.01. The molecular formula is C15H6F6N2O. The number of hydrogen-bond donors (Lipinski definition) is 1. The van der Waals surface area contributed by atoms with Gasteiger partial charge in [-0.25, -0.2) is 18.2 Å². The van der Waals surface area contributed by atoms with Gasteiger partial charge in [0, 0.05) is 0 Å². The van der Waals surface area contributed by atoms with E-state index in [-0.39, 0.29) is 17.0 Å². The second-order valence-electron chi connectivity index (χ2n) is 4.84. The average Bonchev–Trinajstić information content (AvgIpc) is 2.51. The van der Waals surface area contributed by atoms with Crippen LogP contribution in [-0.4, -0.2) is 9.97 Å². The normalized spacial score (nSPS) is 11.9. The van der Waals surface area contributed by atoms with Crippen LogP contribution in [0.1, 0.15) is 5.56 Å². The molecule has 0 spiro atoms. The zero-order valence-corrected chi connectivity index (χ0v) is 11.5. The summed E-state index contributed by atoms with van der Waals surface area (Å²) >= 11 is 0. The summed E-state index contributed by atoms with van der Waals surface area (Å²) in [5, 5.41) is 0.0535. The van der Waals surface area contributed by atoms with Gasteiger partial charge in [-0.1, -0.05) is 12.1 Å². The maximum Gasteiger partial charge on any atom is 0.417 e. The molecule has 1 heterocycles. The highest BCUT2D eigenvalue weighted by Gasteiger charge is 2.38. The van der Waals surface area contributed by atoms with Crippen LogP contribution in [-0.2, 0) is 6.18 Å². The molecule has 0 aliphatic carbocycles. The molecule has 0 fully saturated rings. The summed E-state index contributed by atoms with van der Waals surface area (Å²) in [4.78, 5) is 17.6. The standard InChI is InChI=1S/C15H6F6N2O/c16-8-5-7(15(19,20)21)10(12(18)11(8)17)13-22-9-4-2-1-3-6(9)14(24)23-13/h1-5H,(H,22,23,24). The van der Waals surface area contributed by atoms with E-state index in [1.54, 1.807) is 0 Å². The van der Waals surface area contributed by atoms with Crippen LogP contribution in [0.5, 0.6) is 0 Å². The molecule has 2 aromatic carbocycles. The van der Waals surface area contributed by atoms with Crippen molar-refractivity contribution in [2.24, 2.45) is 0 Å². The molecule has 0 aliphatic rings. The van der Waals surface area contributed by atoms with Gasteiger partial charge in [0.1, 0.15) is 5.82 Å². The molecule has 3 aromatic rings. The van der Waals surface area contributed by atoms with Crippen LogP contribution in [0.15, 0.2) is 35.1 Å². The zero-order chi connectivity index (χ0) is 17.6. The maximum absolute atomic E-state index is 14.0. The van der Waals surface area contributed by atoms with Crippen LogP contribution in [0, 0.1) is 17.5 Å². The molecule has 0 saturated heterocycles. The summed E-state index contributed by atoms with van der Waals surface area (Å²) in [6.45, 7) is 0. The summed E-state index contributed by atoms with van der Waals surface area (Å²) in [5.41, 5.74) is -4.00. The molecule has 3 rings (SSSR count). The SMILES string of the molecule is O=c1[nH]c(-c2c(C(F)(F)F)cc(F)c(F)c2F)nc2ccccc12. The highest BCUT2D eigenvalue weighted by molar-refractivity contribution is 5.79. The first-order valence-corrected chi connectivity index (χ1v) is 6.44. The summed E-state index contributed by atoms with van der Waals surface area (Å²) in [6.07, 6.45) is -5.19. The van der Waals surface area contributed by atoms with Crippen molar-refractivity contribution in [3.63, 3.8) is 0 Å². The Hall–Kier alpha value is -2.84. The highest BCUT2D eigenvalue weighted by Crippen LogP contribution is 2.39. The zero-order valence-electron chi connectivity index (χ0n) is 11.5. The number of hydrogen-bond acceptors (Lipinski definition) is 2. The molecule has 9 heteroatoms. The topological polar surface area (TPSA) is 45.8 Å². The smallest absolute Gasteiger partial charge is 0.306 e. The van der Waals surface area contributed by atoms with Crippen molar-refractivity contribution in [3.8, 4) is 11.4 Å². The fourth-order valence-corrected chi connectivity index (χ4v) is 2.25. The molecule has 0 bridgehead atoms. The largest absolute Gasteiger partial charge is 0.417 e. The van der Waals surface area contributed by atoms with Crippen LogP contribution >= 0.6 is 0 Å². The van der Waals surface area contributed by atoms with Gasteiger partial charge in [0.15, 0.2) is 17.5 Å². The number of rotatable bonds is 1. The molecule has 3 nitrogen and oxygen atoms in total.